The summed E-state index contributed by atoms with van der Waals surface area (Å²) >= 11 is 0. The standard InChI is InChI=1S/C21H28N4O/c1-4-14(2)25-21-22-12-19(13-23-21)17-7-5-16(6-8-17)11-15(3)24-20(26)18-9-10-18/h5-8,12-15,18H,4,9-11H2,1-3H3,(H,24,26)(H,22,23,25). The molecule has 1 heterocycles. The number of nitrogens with one attached hydrogen (secondary N) is 2. The number of hydrogen-bond donors (Lipinski definition) is 2. The Labute approximate surface area is 155 Å². The van der Waals surface area contributed by atoms with E-state index in [9.17, 15) is 4.79 Å². The topological polar surface area (TPSA) is 66.9 Å². The molecule has 0 radical (unpaired) electrons. The van der Waals surface area contributed by atoms with Crippen LogP contribution in [0, 0.1) is 5.92 Å². The molecule has 1 fully saturated rings. The van der Waals surface area contributed by atoms with Crippen LogP contribution in [0.5, 0.6) is 0 Å². The molecule has 5 heteroatoms. The van der Waals surface area contributed by atoms with Gasteiger partial charge < -0.3 is 10.6 Å². The Morgan fingerprint density at radius 2 is 1.73 bits per heavy atom. The first-order chi connectivity index (χ1) is 12.5. The maximum atomic E-state index is 11.8. The summed E-state index contributed by atoms with van der Waals surface area (Å²) in [6, 6.07) is 8.92. The Bertz CT molecular complexity index is 723. The largest absolute Gasteiger partial charge is 0.353 e. The van der Waals surface area contributed by atoms with Gasteiger partial charge in [0, 0.05) is 36.0 Å². The highest BCUT2D eigenvalue weighted by Gasteiger charge is 2.30. The van der Waals surface area contributed by atoms with Gasteiger partial charge in [-0.2, -0.15) is 0 Å². The fourth-order valence-electron chi connectivity index (χ4n) is 2.82. The first-order valence-electron chi connectivity index (χ1n) is 9.53. The van der Waals surface area contributed by atoms with Gasteiger partial charge in [-0.15, -0.1) is 0 Å². The molecule has 1 aromatic carbocycles. The van der Waals surface area contributed by atoms with E-state index in [4.69, 9.17) is 0 Å². The molecular weight excluding hydrogens is 324 g/mol. The molecule has 2 atom stereocenters. The van der Waals surface area contributed by atoms with Crippen molar-refractivity contribution < 1.29 is 4.79 Å². The summed E-state index contributed by atoms with van der Waals surface area (Å²) in [5, 5.41) is 6.37. The molecule has 1 aliphatic carbocycles. The fourth-order valence-corrected chi connectivity index (χ4v) is 2.82. The van der Waals surface area contributed by atoms with E-state index >= 15 is 0 Å². The van der Waals surface area contributed by atoms with Crippen molar-refractivity contribution in [1.82, 2.24) is 15.3 Å². The maximum absolute atomic E-state index is 11.8. The summed E-state index contributed by atoms with van der Waals surface area (Å²) < 4.78 is 0. The molecule has 0 spiro atoms. The van der Waals surface area contributed by atoms with Crippen LogP contribution in [0.4, 0.5) is 5.95 Å². The summed E-state index contributed by atoms with van der Waals surface area (Å²) in [6.07, 6.45) is 7.66. The molecule has 1 saturated carbocycles. The van der Waals surface area contributed by atoms with Gasteiger partial charge in [0.2, 0.25) is 11.9 Å². The van der Waals surface area contributed by atoms with Crippen LogP contribution in [0.15, 0.2) is 36.7 Å². The summed E-state index contributed by atoms with van der Waals surface area (Å²) in [4.78, 5) is 20.6. The van der Waals surface area contributed by atoms with Gasteiger partial charge in [-0.25, -0.2) is 9.97 Å². The molecular formula is C21H28N4O. The Morgan fingerprint density at radius 1 is 1.08 bits per heavy atom. The number of carbonyl (C=O) groups is 1. The van der Waals surface area contributed by atoms with Crippen LogP contribution in [0.25, 0.3) is 11.1 Å². The Morgan fingerprint density at radius 3 is 2.31 bits per heavy atom. The van der Waals surface area contributed by atoms with Crippen molar-refractivity contribution >= 4 is 11.9 Å². The molecule has 1 aliphatic rings. The highest BCUT2D eigenvalue weighted by Crippen LogP contribution is 2.29. The zero-order chi connectivity index (χ0) is 18.5. The van der Waals surface area contributed by atoms with E-state index in [1.807, 2.05) is 12.4 Å². The summed E-state index contributed by atoms with van der Waals surface area (Å²) in [5.41, 5.74) is 3.31. The van der Waals surface area contributed by atoms with Gasteiger partial charge in [0.1, 0.15) is 0 Å². The predicted molar refractivity (Wildman–Crippen MR) is 105 cm³/mol. The number of hydrogen-bond acceptors (Lipinski definition) is 4. The molecule has 1 amide bonds. The molecule has 0 aliphatic heterocycles. The summed E-state index contributed by atoms with van der Waals surface area (Å²) in [6.45, 7) is 6.31. The highest BCUT2D eigenvalue weighted by molar-refractivity contribution is 5.81. The van der Waals surface area contributed by atoms with Crippen LogP contribution in [0.1, 0.15) is 45.6 Å². The zero-order valence-electron chi connectivity index (χ0n) is 15.8. The lowest BCUT2D eigenvalue weighted by Crippen LogP contribution is -2.35. The van der Waals surface area contributed by atoms with Crippen molar-refractivity contribution in [3.8, 4) is 11.1 Å². The Balaban J connectivity index is 1.57. The van der Waals surface area contributed by atoms with E-state index in [1.54, 1.807) is 0 Å². The van der Waals surface area contributed by atoms with Crippen molar-refractivity contribution in [3.05, 3.63) is 42.2 Å². The van der Waals surface area contributed by atoms with Gasteiger partial charge in [-0.3, -0.25) is 4.79 Å². The van der Waals surface area contributed by atoms with Crippen LogP contribution in [0.3, 0.4) is 0 Å². The van der Waals surface area contributed by atoms with Crippen LogP contribution >= 0.6 is 0 Å². The normalized spacial score (nSPS) is 16.0. The molecule has 26 heavy (non-hydrogen) atoms. The number of anilines is 1. The number of benzene rings is 1. The first kappa shape index (κ1) is 18.4. The van der Waals surface area contributed by atoms with E-state index in [1.165, 1.54) is 5.56 Å². The van der Waals surface area contributed by atoms with Crippen LogP contribution in [-0.2, 0) is 11.2 Å². The van der Waals surface area contributed by atoms with Crippen LogP contribution in [-0.4, -0.2) is 28.0 Å². The van der Waals surface area contributed by atoms with E-state index in [0.29, 0.717) is 12.0 Å². The minimum atomic E-state index is 0.156. The van der Waals surface area contributed by atoms with Crippen molar-refractivity contribution in [3.63, 3.8) is 0 Å². The number of aromatic nitrogens is 2. The maximum Gasteiger partial charge on any atom is 0.223 e. The van der Waals surface area contributed by atoms with Gasteiger partial charge in [-0.1, -0.05) is 31.2 Å². The molecule has 138 valence electrons. The number of amides is 1. The number of nitrogens with zero attached hydrogens (tertiary/aromatic N) is 2. The third-order valence-electron chi connectivity index (χ3n) is 4.81. The van der Waals surface area contributed by atoms with Crippen molar-refractivity contribution in [2.45, 2.75) is 58.5 Å². The molecule has 0 bridgehead atoms. The third-order valence-corrected chi connectivity index (χ3v) is 4.81. The molecule has 2 N–H and O–H groups in total. The van der Waals surface area contributed by atoms with Gasteiger partial charge in [-0.05, 0) is 50.7 Å². The molecule has 0 saturated heterocycles. The quantitative estimate of drug-likeness (QED) is 0.758. The average molecular weight is 352 g/mol. The van der Waals surface area contributed by atoms with Crippen LogP contribution in [0.2, 0.25) is 0 Å². The SMILES string of the molecule is CCC(C)Nc1ncc(-c2ccc(CC(C)NC(=O)C3CC3)cc2)cn1. The second-order valence-electron chi connectivity index (χ2n) is 7.33. The second-order valence-corrected chi connectivity index (χ2v) is 7.33. The highest BCUT2D eigenvalue weighted by atomic mass is 16.2. The second kappa shape index (κ2) is 8.30. The zero-order valence-corrected chi connectivity index (χ0v) is 15.8. The van der Waals surface area contributed by atoms with Crippen LogP contribution < -0.4 is 10.6 Å². The van der Waals surface area contributed by atoms with Gasteiger partial charge in [0.25, 0.3) is 0 Å². The summed E-state index contributed by atoms with van der Waals surface area (Å²) in [7, 11) is 0. The van der Waals surface area contributed by atoms with E-state index in [0.717, 1.165) is 36.8 Å². The van der Waals surface area contributed by atoms with E-state index < -0.39 is 0 Å². The number of rotatable bonds is 8. The average Bonchev–Trinajstić information content (AvgIpc) is 3.48. The lowest BCUT2D eigenvalue weighted by atomic mass is 10.0. The van der Waals surface area contributed by atoms with Crippen molar-refractivity contribution in [2.24, 2.45) is 5.92 Å². The molecule has 1 aromatic heterocycles. The fraction of sp³-hybridized carbons (Fsp3) is 0.476. The number of carbonyl (C=O) groups excluding carboxylic acids is 1. The first-order valence-corrected chi connectivity index (χ1v) is 9.53. The lowest BCUT2D eigenvalue weighted by molar-refractivity contribution is -0.122. The van der Waals surface area contributed by atoms with E-state index in [2.05, 4.69) is 65.6 Å². The predicted octanol–water partition coefficient (Wildman–Crippen LogP) is 3.81. The minimum absolute atomic E-state index is 0.156. The molecule has 2 unspecified atom stereocenters. The monoisotopic (exact) mass is 352 g/mol. The van der Waals surface area contributed by atoms with E-state index in [-0.39, 0.29) is 17.9 Å². The van der Waals surface area contributed by atoms with Gasteiger partial charge >= 0.3 is 0 Å². The minimum Gasteiger partial charge on any atom is -0.353 e. The smallest absolute Gasteiger partial charge is 0.223 e. The van der Waals surface area contributed by atoms with Crippen molar-refractivity contribution in [2.75, 3.05) is 5.32 Å². The van der Waals surface area contributed by atoms with Gasteiger partial charge in [0.05, 0.1) is 0 Å². The Hall–Kier alpha value is -2.43. The van der Waals surface area contributed by atoms with Gasteiger partial charge in [0.15, 0.2) is 0 Å². The molecule has 2 aromatic rings. The summed E-state index contributed by atoms with van der Waals surface area (Å²) in [5.74, 6) is 1.13. The van der Waals surface area contributed by atoms with Crippen molar-refractivity contribution in [1.29, 1.82) is 0 Å². The Kier molecular flexibility index (Phi) is 5.86. The molecule has 3 rings (SSSR count). The third kappa shape index (κ3) is 5.04. The lowest BCUT2D eigenvalue weighted by Gasteiger charge is -2.14. The molecule has 5 nitrogen and oxygen atoms in total.